The molecule has 0 bridgehead atoms. The molecule has 0 saturated carbocycles. The number of carbonyl (C=O) groups is 2. The number of amides is 2. The van der Waals surface area contributed by atoms with Crippen molar-refractivity contribution in [2.24, 2.45) is 5.92 Å². The van der Waals surface area contributed by atoms with Gasteiger partial charge in [-0.25, -0.2) is 15.0 Å². The topological polar surface area (TPSA) is 112 Å². The van der Waals surface area contributed by atoms with Gasteiger partial charge in [0, 0.05) is 44.0 Å². The van der Waals surface area contributed by atoms with Gasteiger partial charge in [0.05, 0.1) is 5.92 Å². The van der Waals surface area contributed by atoms with Gasteiger partial charge in [-0.05, 0) is 38.1 Å². The fraction of sp³-hybridized carbons (Fsp3) is 0.292. The minimum Gasteiger partial charge on any atom is -0.368 e. The van der Waals surface area contributed by atoms with Crippen LogP contribution in [0, 0.1) is 19.8 Å². The van der Waals surface area contributed by atoms with Gasteiger partial charge in [-0.15, -0.1) is 0 Å². The maximum atomic E-state index is 12.6. The van der Waals surface area contributed by atoms with E-state index in [1.807, 2.05) is 56.3 Å². The number of carbonyl (C=O) groups excluding carboxylic acids is 2. The lowest BCUT2D eigenvalue weighted by atomic mass is 10.1. The molecule has 3 N–H and O–H groups in total. The van der Waals surface area contributed by atoms with Crippen LogP contribution in [0.5, 0.6) is 0 Å². The quantitative estimate of drug-likeness (QED) is 0.457. The number of hydrogen-bond acceptors (Lipinski definition) is 7. The number of aryl methyl sites for hydroxylation is 2. The zero-order chi connectivity index (χ0) is 23.2. The number of aromatic nitrogens is 3. The molecule has 0 aliphatic carbocycles. The molecule has 3 heterocycles. The third-order valence-corrected chi connectivity index (χ3v) is 5.33. The van der Waals surface area contributed by atoms with Crippen molar-refractivity contribution in [2.75, 3.05) is 35.2 Å². The van der Waals surface area contributed by atoms with Gasteiger partial charge >= 0.3 is 0 Å². The molecule has 33 heavy (non-hydrogen) atoms. The molecule has 1 saturated heterocycles. The van der Waals surface area contributed by atoms with Gasteiger partial charge in [0.25, 0.3) is 0 Å². The molecule has 1 unspecified atom stereocenters. The predicted molar refractivity (Wildman–Crippen MR) is 127 cm³/mol. The van der Waals surface area contributed by atoms with Crippen LogP contribution in [0.25, 0.3) is 0 Å². The number of nitrogens with zero attached hydrogens (tertiary/aromatic N) is 4. The van der Waals surface area contributed by atoms with Crippen molar-refractivity contribution in [3.05, 3.63) is 66.1 Å². The summed E-state index contributed by atoms with van der Waals surface area (Å²) < 4.78 is 0. The van der Waals surface area contributed by atoms with Gasteiger partial charge in [-0.1, -0.05) is 23.8 Å². The lowest BCUT2D eigenvalue weighted by molar-refractivity contribution is -0.126. The van der Waals surface area contributed by atoms with E-state index in [9.17, 15) is 9.59 Å². The zero-order valence-corrected chi connectivity index (χ0v) is 18.7. The Morgan fingerprint density at radius 1 is 1.03 bits per heavy atom. The Balaban J connectivity index is 1.26. The van der Waals surface area contributed by atoms with Crippen molar-refractivity contribution in [2.45, 2.75) is 20.3 Å². The molecule has 9 nitrogen and oxygen atoms in total. The molecule has 170 valence electrons. The first kappa shape index (κ1) is 22.2. The van der Waals surface area contributed by atoms with E-state index in [-0.39, 0.29) is 24.2 Å². The number of pyridine rings is 1. The van der Waals surface area contributed by atoms with Gasteiger partial charge in [-0.2, -0.15) is 0 Å². The summed E-state index contributed by atoms with van der Waals surface area (Å²) in [6.07, 6.45) is 1.93. The van der Waals surface area contributed by atoms with E-state index in [4.69, 9.17) is 0 Å². The van der Waals surface area contributed by atoms with Gasteiger partial charge in [-0.3, -0.25) is 9.59 Å². The Labute approximate surface area is 192 Å². The maximum Gasteiger partial charge on any atom is 0.227 e. The second-order valence-corrected chi connectivity index (χ2v) is 7.98. The van der Waals surface area contributed by atoms with Crippen LogP contribution in [-0.4, -0.2) is 46.4 Å². The van der Waals surface area contributed by atoms with E-state index < -0.39 is 0 Å². The molecule has 0 spiro atoms. The summed E-state index contributed by atoms with van der Waals surface area (Å²) in [5.74, 6) is 2.10. The Morgan fingerprint density at radius 3 is 2.58 bits per heavy atom. The van der Waals surface area contributed by atoms with Gasteiger partial charge in [0.1, 0.15) is 23.3 Å². The Kier molecular flexibility index (Phi) is 6.77. The highest BCUT2D eigenvalue weighted by Crippen LogP contribution is 2.25. The lowest BCUT2D eigenvalue weighted by Crippen LogP contribution is -2.35. The number of benzene rings is 1. The highest BCUT2D eigenvalue weighted by atomic mass is 16.2. The van der Waals surface area contributed by atoms with Gasteiger partial charge in [0.15, 0.2) is 0 Å². The van der Waals surface area contributed by atoms with Crippen molar-refractivity contribution < 1.29 is 9.59 Å². The molecule has 9 heteroatoms. The van der Waals surface area contributed by atoms with Crippen molar-refractivity contribution >= 4 is 35.0 Å². The van der Waals surface area contributed by atoms with Crippen LogP contribution in [0.2, 0.25) is 0 Å². The van der Waals surface area contributed by atoms with Gasteiger partial charge in [0.2, 0.25) is 11.8 Å². The summed E-state index contributed by atoms with van der Waals surface area (Å²) >= 11 is 0. The standard InChI is InChI=1S/C24H27N7O2/c1-16-6-8-19(9-7-16)31-15-18(13-23(31)32)24(33)27-12-11-26-21-14-22(29-17(2)28-21)30-20-5-3-4-10-25-20/h3-10,14,18H,11-13,15H2,1-2H3,(H,27,33)(H2,25,26,28,29,30). The first-order chi connectivity index (χ1) is 16.0. The number of rotatable bonds is 8. The Morgan fingerprint density at radius 2 is 1.82 bits per heavy atom. The molecule has 1 aliphatic rings. The first-order valence-electron chi connectivity index (χ1n) is 10.9. The summed E-state index contributed by atoms with van der Waals surface area (Å²) in [6, 6.07) is 15.1. The highest BCUT2D eigenvalue weighted by Gasteiger charge is 2.34. The fourth-order valence-electron chi connectivity index (χ4n) is 3.67. The Hall–Kier alpha value is -4.01. The predicted octanol–water partition coefficient (Wildman–Crippen LogP) is 2.81. The van der Waals surface area contributed by atoms with E-state index in [2.05, 4.69) is 30.9 Å². The highest BCUT2D eigenvalue weighted by molar-refractivity contribution is 6.00. The van der Waals surface area contributed by atoms with Crippen LogP contribution >= 0.6 is 0 Å². The normalized spacial score (nSPS) is 15.4. The van der Waals surface area contributed by atoms with Crippen molar-refractivity contribution in [1.29, 1.82) is 0 Å². The van der Waals surface area contributed by atoms with Crippen LogP contribution in [0.1, 0.15) is 17.8 Å². The van der Waals surface area contributed by atoms with Crippen LogP contribution < -0.4 is 20.9 Å². The van der Waals surface area contributed by atoms with E-state index in [1.54, 1.807) is 17.2 Å². The van der Waals surface area contributed by atoms with Crippen LogP contribution in [0.4, 0.5) is 23.1 Å². The van der Waals surface area contributed by atoms with E-state index in [1.165, 1.54) is 0 Å². The zero-order valence-electron chi connectivity index (χ0n) is 18.7. The van der Waals surface area contributed by atoms with Gasteiger partial charge < -0.3 is 20.9 Å². The molecule has 4 rings (SSSR count). The summed E-state index contributed by atoms with van der Waals surface area (Å²) in [4.78, 5) is 39.6. The lowest BCUT2D eigenvalue weighted by Gasteiger charge is -2.17. The van der Waals surface area contributed by atoms with E-state index in [0.29, 0.717) is 42.9 Å². The molecule has 2 amide bonds. The minimum absolute atomic E-state index is 0.0264. The first-order valence-corrected chi connectivity index (χ1v) is 10.9. The number of nitrogens with one attached hydrogen (secondary N) is 3. The number of hydrogen-bond donors (Lipinski definition) is 3. The molecule has 0 radical (unpaired) electrons. The summed E-state index contributed by atoms with van der Waals surface area (Å²) in [5, 5.41) is 9.27. The minimum atomic E-state index is -0.353. The third kappa shape index (κ3) is 5.82. The maximum absolute atomic E-state index is 12.6. The van der Waals surface area contributed by atoms with Crippen LogP contribution in [0.15, 0.2) is 54.7 Å². The second-order valence-electron chi connectivity index (χ2n) is 7.98. The van der Waals surface area contributed by atoms with Crippen molar-refractivity contribution in [3.63, 3.8) is 0 Å². The van der Waals surface area contributed by atoms with Crippen molar-refractivity contribution in [1.82, 2.24) is 20.3 Å². The summed E-state index contributed by atoms with van der Waals surface area (Å²) in [7, 11) is 0. The molecular formula is C24H27N7O2. The largest absolute Gasteiger partial charge is 0.368 e. The molecule has 2 aromatic heterocycles. The monoisotopic (exact) mass is 445 g/mol. The second kappa shape index (κ2) is 10.1. The number of anilines is 4. The molecule has 3 aromatic rings. The van der Waals surface area contributed by atoms with E-state index in [0.717, 1.165) is 11.3 Å². The molecule has 1 aromatic carbocycles. The fourth-order valence-corrected chi connectivity index (χ4v) is 3.67. The molecule has 1 fully saturated rings. The average molecular weight is 446 g/mol. The average Bonchev–Trinajstić information content (AvgIpc) is 3.19. The summed E-state index contributed by atoms with van der Waals surface area (Å²) in [5.41, 5.74) is 1.96. The Bertz CT molecular complexity index is 1120. The van der Waals surface area contributed by atoms with E-state index >= 15 is 0 Å². The summed E-state index contributed by atoms with van der Waals surface area (Å²) in [6.45, 7) is 5.12. The third-order valence-electron chi connectivity index (χ3n) is 5.33. The molecule has 1 aliphatic heterocycles. The van der Waals surface area contributed by atoms with Crippen molar-refractivity contribution in [3.8, 4) is 0 Å². The smallest absolute Gasteiger partial charge is 0.227 e. The SMILES string of the molecule is Cc1ccc(N2CC(C(=O)NCCNc3cc(Nc4ccccn4)nc(C)n3)CC2=O)cc1. The molecular weight excluding hydrogens is 418 g/mol. The van der Waals surface area contributed by atoms with Crippen LogP contribution in [0.3, 0.4) is 0 Å². The molecule has 1 atom stereocenters. The van der Waals surface area contributed by atoms with Crippen LogP contribution in [-0.2, 0) is 9.59 Å².